The summed E-state index contributed by atoms with van der Waals surface area (Å²) in [5, 5.41) is 17.9. The Hall–Kier alpha value is -1.73. The molecule has 2 N–H and O–H groups in total. The van der Waals surface area contributed by atoms with E-state index in [2.05, 4.69) is 15.9 Å². The number of benzene rings is 1. The summed E-state index contributed by atoms with van der Waals surface area (Å²) in [5.41, 5.74) is 0.197. The maximum atomic E-state index is 11.1. The third kappa shape index (κ3) is 3.43. The summed E-state index contributed by atoms with van der Waals surface area (Å²) < 4.78 is 5.89. The molecule has 0 aliphatic heterocycles. The van der Waals surface area contributed by atoms with Crippen LogP contribution in [-0.2, 0) is 5.75 Å². The number of hydrogen-bond acceptors (Lipinski definition) is 4. The average Bonchev–Trinajstić information content (AvgIpc) is 2.85. The second-order valence-electron chi connectivity index (χ2n) is 3.81. The lowest BCUT2D eigenvalue weighted by molar-refractivity contribution is 0.0658. The molecule has 20 heavy (non-hydrogen) atoms. The van der Waals surface area contributed by atoms with E-state index in [1.165, 1.54) is 23.9 Å². The molecule has 2 rings (SSSR count). The molecule has 0 bridgehead atoms. The molecule has 2 aromatic rings. The number of hydrogen-bond donors (Lipinski definition) is 2. The van der Waals surface area contributed by atoms with Crippen LogP contribution in [0.1, 0.15) is 26.7 Å². The number of carboxylic acids is 2. The van der Waals surface area contributed by atoms with Crippen LogP contribution in [-0.4, -0.2) is 22.2 Å². The molecular weight excluding hydrogens is 348 g/mol. The van der Waals surface area contributed by atoms with Crippen LogP contribution in [0.3, 0.4) is 0 Å². The average molecular weight is 357 g/mol. The summed E-state index contributed by atoms with van der Waals surface area (Å²) in [4.78, 5) is 22.4. The number of carboxylic acid groups (broad SMARTS) is 2. The molecule has 0 saturated heterocycles. The van der Waals surface area contributed by atoms with E-state index in [4.69, 9.17) is 14.6 Å². The van der Waals surface area contributed by atoms with Gasteiger partial charge in [-0.15, -0.1) is 11.8 Å². The molecule has 0 aliphatic carbocycles. The molecule has 0 amide bonds. The van der Waals surface area contributed by atoms with Gasteiger partial charge in [-0.3, -0.25) is 0 Å². The van der Waals surface area contributed by atoms with Crippen molar-refractivity contribution in [3.8, 4) is 0 Å². The van der Waals surface area contributed by atoms with Crippen LogP contribution in [0.5, 0.6) is 0 Å². The molecule has 0 radical (unpaired) electrons. The molecule has 0 atom stereocenters. The molecule has 1 heterocycles. The van der Waals surface area contributed by atoms with Crippen molar-refractivity contribution < 1.29 is 24.2 Å². The number of thioether (sulfide) groups is 1. The van der Waals surface area contributed by atoms with Gasteiger partial charge in [-0.1, -0.05) is 15.9 Å². The van der Waals surface area contributed by atoms with Crippen molar-refractivity contribution in [2.24, 2.45) is 0 Å². The molecule has 7 heteroatoms. The quantitative estimate of drug-likeness (QED) is 0.793. The van der Waals surface area contributed by atoms with Crippen LogP contribution in [0.25, 0.3) is 0 Å². The number of rotatable bonds is 5. The van der Waals surface area contributed by atoms with Gasteiger partial charge in [0.25, 0.3) is 0 Å². The van der Waals surface area contributed by atoms with Crippen molar-refractivity contribution in [1.82, 2.24) is 0 Å². The van der Waals surface area contributed by atoms with Gasteiger partial charge in [-0.05, 0) is 30.3 Å². The van der Waals surface area contributed by atoms with Gasteiger partial charge >= 0.3 is 11.9 Å². The Bertz CT molecular complexity index is 665. The van der Waals surface area contributed by atoms with Gasteiger partial charge in [-0.2, -0.15) is 0 Å². The largest absolute Gasteiger partial charge is 0.478 e. The summed E-state index contributed by atoms with van der Waals surface area (Å²) in [6.07, 6.45) is 0. The van der Waals surface area contributed by atoms with Crippen molar-refractivity contribution in [3.05, 3.63) is 51.9 Å². The van der Waals surface area contributed by atoms with E-state index in [-0.39, 0.29) is 11.3 Å². The predicted octanol–water partition coefficient (Wildman–Crippen LogP) is 3.73. The van der Waals surface area contributed by atoms with Crippen molar-refractivity contribution in [2.75, 3.05) is 0 Å². The minimum absolute atomic E-state index is 0.131. The number of halogens is 1. The van der Waals surface area contributed by atoms with E-state index < -0.39 is 11.9 Å². The van der Waals surface area contributed by atoms with Gasteiger partial charge in [0.2, 0.25) is 5.76 Å². The first-order valence-corrected chi connectivity index (χ1v) is 7.23. The van der Waals surface area contributed by atoms with E-state index in [1.54, 1.807) is 18.2 Å². The Balaban J connectivity index is 2.15. The molecule has 0 fully saturated rings. The molecule has 1 aromatic heterocycles. The maximum Gasteiger partial charge on any atom is 0.371 e. The zero-order valence-electron chi connectivity index (χ0n) is 10.00. The standard InChI is InChI=1S/C13H9BrO5S/c14-7-1-3-9(12(15)16)11(5-7)20-6-8-2-4-10(19-8)13(17)18/h1-5H,6H2,(H,15,16)(H,17,18). The van der Waals surface area contributed by atoms with E-state index in [1.807, 2.05) is 0 Å². The van der Waals surface area contributed by atoms with Crippen molar-refractivity contribution in [3.63, 3.8) is 0 Å². The van der Waals surface area contributed by atoms with Gasteiger partial charge in [0.1, 0.15) is 5.76 Å². The Morgan fingerprint density at radius 2 is 1.90 bits per heavy atom. The van der Waals surface area contributed by atoms with Crippen LogP contribution in [0.15, 0.2) is 44.1 Å². The van der Waals surface area contributed by atoms with E-state index in [0.29, 0.717) is 16.4 Å². The molecule has 0 aliphatic rings. The highest BCUT2D eigenvalue weighted by Crippen LogP contribution is 2.29. The van der Waals surface area contributed by atoms with Crippen LogP contribution in [0.2, 0.25) is 0 Å². The molecule has 0 spiro atoms. The smallest absolute Gasteiger partial charge is 0.371 e. The van der Waals surface area contributed by atoms with Crippen LogP contribution in [0.4, 0.5) is 0 Å². The molecule has 104 valence electrons. The van der Waals surface area contributed by atoms with Gasteiger partial charge in [-0.25, -0.2) is 9.59 Å². The fourth-order valence-electron chi connectivity index (χ4n) is 1.51. The van der Waals surface area contributed by atoms with E-state index >= 15 is 0 Å². The first-order chi connectivity index (χ1) is 9.47. The molecular formula is C13H9BrO5S. The normalized spacial score (nSPS) is 10.4. The lowest BCUT2D eigenvalue weighted by Gasteiger charge is -2.05. The Morgan fingerprint density at radius 1 is 1.15 bits per heavy atom. The van der Waals surface area contributed by atoms with Crippen LogP contribution >= 0.6 is 27.7 Å². The first-order valence-electron chi connectivity index (χ1n) is 5.45. The van der Waals surface area contributed by atoms with Crippen LogP contribution in [0, 0.1) is 0 Å². The molecule has 1 aromatic carbocycles. The highest BCUT2D eigenvalue weighted by molar-refractivity contribution is 9.10. The highest BCUT2D eigenvalue weighted by Gasteiger charge is 2.13. The van der Waals surface area contributed by atoms with Gasteiger partial charge < -0.3 is 14.6 Å². The topological polar surface area (TPSA) is 87.7 Å². The summed E-state index contributed by atoms with van der Waals surface area (Å²) in [7, 11) is 0. The minimum Gasteiger partial charge on any atom is -0.478 e. The molecule has 0 saturated carbocycles. The Kier molecular flexibility index (Phi) is 4.51. The predicted molar refractivity (Wildman–Crippen MR) is 76.3 cm³/mol. The first kappa shape index (κ1) is 14.7. The summed E-state index contributed by atoms with van der Waals surface area (Å²) in [6, 6.07) is 7.81. The molecule has 0 unspecified atom stereocenters. The third-order valence-electron chi connectivity index (χ3n) is 2.42. The van der Waals surface area contributed by atoms with Crippen molar-refractivity contribution in [1.29, 1.82) is 0 Å². The monoisotopic (exact) mass is 356 g/mol. The Labute approximate surface area is 126 Å². The SMILES string of the molecule is O=C(O)c1ccc(CSc2cc(Br)ccc2C(=O)O)o1. The van der Waals surface area contributed by atoms with Crippen molar-refractivity contribution in [2.45, 2.75) is 10.6 Å². The van der Waals surface area contributed by atoms with Gasteiger partial charge in [0, 0.05) is 9.37 Å². The zero-order chi connectivity index (χ0) is 14.7. The fraction of sp³-hybridized carbons (Fsp3) is 0.0769. The lowest BCUT2D eigenvalue weighted by Crippen LogP contribution is -1.98. The fourth-order valence-corrected chi connectivity index (χ4v) is 3.00. The van der Waals surface area contributed by atoms with Crippen molar-refractivity contribution >= 4 is 39.6 Å². The number of furan rings is 1. The highest BCUT2D eigenvalue weighted by atomic mass is 79.9. The third-order valence-corrected chi connectivity index (χ3v) is 3.99. The Morgan fingerprint density at radius 3 is 2.50 bits per heavy atom. The van der Waals surface area contributed by atoms with E-state index in [9.17, 15) is 9.59 Å². The molecule has 5 nitrogen and oxygen atoms in total. The zero-order valence-corrected chi connectivity index (χ0v) is 12.4. The van der Waals surface area contributed by atoms with E-state index in [0.717, 1.165) is 4.47 Å². The van der Waals surface area contributed by atoms with Crippen LogP contribution < -0.4 is 0 Å². The summed E-state index contributed by atoms with van der Waals surface area (Å²) >= 11 is 4.56. The second-order valence-corrected chi connectivity index (χ2v) is 5.74. The second kappa shape index (κ2) is 6.15. The van der Waals surface area contributed by atoms with Gasteiger partial charge in [0.05, 0.1) is 11.3 Å². The maximum absolute atomic E-state index is 11.1. The summed E-state index contributed by atoms with van der Waals surface area (Å²) in [5.74, 6) is -1.44. The van der Waals surface area contributed by atoms with Gasteiger partial charge in [0.15, 0.2) is 0 Å². The number of aromatic carboxylic acids is 2. The lowest BCUT2D eigenvalue weighted by atomic mass is 10.2. The number of carbonyl (C=O) groups is 2. The minimum atomic E-state index is -1.13. The summed E-state index contributed by atoms with van der Waals surface area (Å²) in [6.45, 7) is 0.